The highest BCUT2D eigenvalue weighted by Gasteiger charge is 2.45. The Morgan fingerprint density at radius 3 is 2.12 bits per heavy atom. The molecule has 9 heteroatoms. The van der Waals surface area contributed by atoms with E-state index >= 15 is 0 Å². The maximum absolute atomic E-state index is 14.6. The van der Waals surface area contributed by atoms with Crippen molar-refractivity contribution in [2.45, 2.75) is 82.5 Å². The molecule has 0 fully saturated rings. The number of hydrogen-bond donors (Lipinski definition) is 1. The van der Waals surface area contributed by atoms with Crippen molar-refractivity contribution in [3.8, 4) is 5.88 Å². The Morgan fingerprint density at radius 1 is 0.833 bits per heavy atom. The molecule has 3 nitrogen and oxygen atoms in total. The van der Waals surface area contributed by atoms with Gasteiger partial charge in [-0.25, -0.2) is 4.68 Å². The van der Waals surface area contributed by atoms with Crippen molar-refractivity contribution >= 4 is 30.4 Å². The van der Waals surface area contributed by atoms with Gasteiger partial charge in [-0.05, 0) is 52.5 Å². The van der Waals surface area contributed by atoms with E-state index in [1.165, 1.54) is 12.8 Å². The smallest absolute Gasteiger partial charge is 0.416 e. The van der Waals surface area contributed by atoms with Crippen LogP contribution in [0.5, 0.6) is 5.88 Å². The van der Waals surface area contributed by atoms with Crippen LogP contribution in [0.15, 0.2) is 54.6 Å². The first kappa shape index (κ1) is 30.4. The Morgan fingerprint density at radius 2 is 1.45 bits per heavy atom. The SMILES string of the molecule is FC(F)Oc1c(C2=Cc3ccccc3C2CCCCCCCCCCS)c(C(F)(F)F)nn1C1C=Cc2ccccc21. The second kappa shape index (κ2) is 13.5. The standard InChI is InChI=1S/C33H35F5N2OS/c34-32(35)41-31-29(30(33(36,37)38)39-40(31)28-19-18-22-13-8-11-16-25(22)28)27-21-23-14-9-10-15-24(23)26(27)17-7-5-3-1-2-4-6-12-20-42/h8-11,13-16,18-19,21,26,28,32,42H,1-7,12,17,20H2. The van der Waals surface area contributed by atoms with Gasteiger partial charge < -0.3 is 4.74 Å². The second-order valence-electron chi connectivity index (χ2n) is 10.9. The maximum Gasteiger partial charge on any atom is 0.435 e. The number of allylic oxidation sites excluding steroid dienone is 2. The molecule has 2 aliphatic rings. The molecule has 2 aromatic carbocycles. The first-order valence-electron chi connectivity index (χ1n) is 14.6. The number of nitrogens with zero attached hydrogens (tertiary/aromatic N) is 2. The third-order valence-electron chi connectivity index (χ3n) is 8.12. The number of aromatic nitrogens is 2. The highest BCUT2D eigenvalue weighted by atomic mass is 32.1. The summed E-state index contributed by atoms with van der Waals surface area (Å²) in [5.41, 5.74) is 1.87. The molecular formula is C33H35F5N2OS. The average Bonchev–Trinajstić information content (AvgIpc) is 3.65. The van der Waals surface area contributed by atoms with Gasteiger partial charge in [-0.3, -0.25) is 0 Å². The number of halogens is 5. The Labute approximate surface area is 248 Å². The van der Waals surface area contributed by atoms with Gasteiger partial charge in [-0.15, -0.1) is 0 Å². The fraction of sp³-hybridized carbons (Fsp3) is 0.424. The van der Waals surface area contributed by atoms with E-state index in [2.05, 4.69) is 17.7 Å². The zero-order valence-electron chi connectivity index (χ0n) is 23.3. The third-order valence-corrected chi connectivity index (χ3v) is 8.44. The molecule has 2 unspecified atom stereocenters. The summed E-state index contributed by atoms with van der Waals surface area (Å²) in [5.74, 6) is -0.0433. The number of fused-ring (bicyclic) bond motifs is 2. The lowest BCUT2D eigenvalue weighted by Crippen LogP contribution is -2.14. The number of benzene rings is 2. The Bertz CT molecular complexity index is 1430. The number of unbranched alkanes of at least 4 members (excludes halogenated alkanes) is 7. The van der Waals surface area contributed by atoms with Gasteiger partial charge >= 0.3 is 12.8 Å². The van der Waals surface area contributed by atoms with E-state index in [-0.39, 0.29) is 5.92 Å². The number of alkyl halides is 5. The summed E-state index contributed by atoms with van der Waals surface area (Å²) in [4.78, 5) is 0. The summed E-state index contributed by atoms with van der Waals surface area (Å²) in [6.07, 6.45) is 9.40. The molecule has 2 aliphatic carbocycles. The van der Waals surface area contributed by atoms with Gasteiger partial charge in [0.1, 0.15) is 0 Å². The van der Waals surface area contributed by atoms with E-state index in [0.29, 0.717) is 17.6 Å². The van der Waals surface area contributed by atoms with E-state index in [1.54, 1.807) is 30.4 Å². The highest BCUT2D eigenvalue weighted by Crippen LogP contribution is 2.52. The maximum atomic E-state index is 14.6. The van der Waals surface area contributed by atoms with Crippen molar-refractivity contribution < 1.29 is 26.7 Å². The van der Waals surface area contributed by atoms with E-state index in [9.17, 15) is 22.0 Å². The van der Waals surface area contributed by atoms with E-state index in [4.69, 9.17) is 4.74 Å². The first-order chi connectivity index (χ1) is 20.3. The molecule has 1 aromatic heterocycles. The van der Waals surface area contributed by atoms with Crippen molar-refractivity contribution in [1.29, 1.82) is 0 Å². The van der Waals surface area contributed by atoms with Gasteiger partial charge in [-0.2, -0.15) is 39.7 Å². The van der Waals surface area contributed by atoms with Gasteiger partial charge in [0.2, 0.25) is 5.88 Å². The van der Waals surface area contributed by atoms with Crippen LogP contribution in [-0.4, -0.2) is 22.1 Å². The average molecular weight is 603 g/mol. The Kier molecular flexibility index (Phi) is 9.76. The highest BCUT2D eigenvalue weighted by molar-refractivity contribution is 7.80. The largest absolute Gasteiger partial charge is 0.435 e. The molecule has 0 radical (unpaired) electrons. The lowest BCUT2D eigenvalue weighted by Gasteiger charge is -2.20. The molecular weight excluding hydrogens is 567 g/mol. The third kappa shape index (κ3) is 6.61. The van der Waals surface area contributed by atoms with Gasteiger partial charge in [0, 0.05) is 5.92 Å². The molecule has 1 heterocycles. The van der Waals surface area contributed by atoms with Gasteiger partial charge in [0.25, 0.3) is 0 Å². The van der Waals surface area contributed by atoms with Crippen molar-refractivity contribution in [3.63, 3.8) is 0 Å². The minimum atomic E-state index is -4.88. The van der Waals surface area contributed by atoms with Crippen LogP contribution in [0, 0.1) is 0 Å². The van der Waals surface area contributed by atoms with E-state index in [1.807, 2.05) is 36.4 Å². The molecule has 0 saturated heterocycles. The molecule has 0 amide bonds. The zero-order chi connectivity index (χ0) is 29.7. The van der Waals surface area contributed by atoms with Crippen molar-refractivity contribution in [2.75, 3.05) is 5.75 Å². The normalized spacial score (nSPS) is 17.5. The van der Waals surface area contributed by atoms with Crippen LogP contribution in [0.4, 0.5) is 22.0 Å². The Balaban J connectivity index is 1.48. The predicted molar refractivity (Wildman–Crippen MR) is 160 cm³/mol. The number of ether oxygens (including phenoxy) is 1. The predicted octanol–water partition coefficient (Wildman–Crippen LogP) is 10.2. The fourth-order valence-corrected chi connectivity index (χ4v) is 6.40. The molecule has 3 aromatic rings. The van der Waals surface area contributed by atoms with Gasteiger partial charge in [-0.1, -0.05) is 106 Å². The van der Waals surface area contributed by atoms with Crippen molar-refractivity contribution in [3.05, 3.63) is 88.1 Å². The van der Waals surface area contributed by atoms with Crippen molar-refractivity contribution in [2.24, 2.45) is 0 Å². The minimum Gasteiger partial charge on any atom is -0.416 e. The summed E-state index contributed by atoms with van der Waals surface area (Å²) in [7, 11) is 0. The van der Waals surface area contributed by atoms with E-state index in [0.717, 1.165) is 65.6 Å². The van der Waals surface area contributed by atoms with Crippen LogP contribution >= 0.6 is 12.6 Å². The van der Waals surface area contributed by atoms with Crippen LogP contribution in [0.25, 0.3) is 17.7 Å². The molecule has 0 spiro atoms. The summed E-state index contributed by atoms with van der Waals surface area (Å²) in [5, 5.41) is 3.95. The molecule has 42 heavy (non-hydrogen) atoms. The van der Waals surface area contributed by atoms with E-state index < -0.39 is 36.0 Å². The summed E-state index contributed by atoms with van der Waals surface area (Å²) in [6, 6.07) is 13.8. The molecule has 0 N–H and O–H groups in total. The van der Waals surface area contributed by atoms with Crippen LogP contribution in [0.3, 0.4) is 0 Å². The molecule has 0 bridgehead atoms. The number of thiol groups is 1. The van der Waals surface area contributed by atoms with Crippen LogP contribution < -0.4 is 4.74 Å². The topological polar surface area (TPSA) is 27.1 Å². The molecule has 224 valence electrons. The zero-order valence-corrected chi connectivity index (χ0v) is 24.2. The molecule has 2 atom stereocenters. The fourth-order valence-electron chi connectivity index (χ4n) is 6.18. The second-order valence-corrected chi connectivity index (χ2v) is 11.4. The quantitative estimate of drug-likeness (QED) is 0.113. The number of hydrogen-bond acceptors (Lipinski definition) is 3. The summed E-state index contributed by atoms with van der Waals surface area (Å²) in [6.45, 7) is -3.32. The molecule has 5 rings (SSSR count). The molecule has 0 saturated carbocycles. The van der Waals surface area contributed by atoms with Crippen molar-refractivity contribution in [1.82, 2.24) is 9.78 Å². The minimum absolute atomic E-state index is 0.326. The van der Waals surface area contributed by atoms with Crippen LogP contribution in [0.2, 0.25) is 0 Å². The number of rotatable bonds is 14. The monoisotopic (exact) mass is 602 g/mol. The van der Waals surface area contributed by atoms with Crippen LogP contribution in [0.1, 0.15) is 103 Å². The van der Waals surface area contributed by atoms with Crippen LogP contribution in [-0.2, 0) is 6.18 Å². The lowest BCUT2D eigenvalue weighted by molar-refractivity contribution is -0.141. The first-order valence-corrected chi connectivity index (χ1v) is 15.3. The summed E-state index contributed by atoms with van der Waals surface area (Å²) >= 11 is 4.25. The summed E-state index contributed by atoms with van der Waals surface area (Å²) < 4.78 is 77.4. The molecule has 0 aliphatic heterocycles. The van der Waals surface area contributed by atoms with Gasteiger partial charge in [0.05, 0.1) is 11.6 Å². The Hall–Kier alpha value is -3.07. The van der Waals surface area contributed by atoms with Gasteiger partial charge in [0.15, 0.2) is 5.69 Å². The lowest BCUT2D eigenvalue weighted by atomic mass is 9.86.